The van der Waals surface area contributed by atoms with Crippen molar-refractivity contribution in [2.24, 2.45) is 0 Å². The predicted molar refractivity (Wildman–Crippen MR) is 58.5 cm³/mol. The van der Waals surface area contributed by atoms with E-state index >= 15 is 0 Å². The Labute approximate surface area is 84.9 Å². The summed E-state index contributed by atoms with van der Waals surface area (Å²) in [5.74, 6) is 0. The number of aromatic nitrogens is 1. The topological polar surface area (TPSA) is 37.0 Å². The van der Waals surface area contributed by atoms with Gasteiger partial charge < -0.3 is 10.6 Å². The van der Waals surface area contributed by atoms with Crippen molar-refractivity contribution in [3.63, 3.8) is 0 Å². The van der Waals surface area contributed by atoms with Crippen LogP contribution in [0.5, 0.6) is 0 Å². The fourth-order valence-electron chi connectivity index (χ4n) is 1.83. The maximum Gasteiger partial charge on any atom is 0.0603 e. The molecule has 2 rings (SSSR count). The van der Waals surface area contributed by atoms with Crippen LogP contribution in [0.2, 0.25) is 0 Å². The zero-order valence-corrected chi connectivity index (χ0v) is 8.59. The smallest absolute Gasteiger partial charge is 0.0603 e. The van der Waals surface area contributed by atoms with Crippen molar-refractivity contribution in [1.82, 2.24) is 10.3 Å². The minimum atomic E-state index is 0.562. The highest BCUT2D eigenvalue weighted by atomic mass is 15.0. The van der Waals surface area contributed by atoms with Gasteiger partial charge in [-0.1, -0.05) is 0 Å². The quantitative estimate of drug-likeness (QED) is 0.744. The van der Waals surface area contributed by atoms with E-state index in [2.05, 4.69) is 21.7 Å². The van der Waals surface area contributed by atoms with Crippen LogP contribution in [0.1, 0.15) is 18.5 Å². The van der Waals surface area contributed by atoms with Crippen molar-refractivity contribution in [3.05, 3.63) is 24.0 Å². The molecule has 2 N–H and O–H groups in total. The van der Waals surface area contributed by atoms with Crippen LogP contribution in [0.15, 0.2) is 18.3 Å². The first kappa shape index (κ1) is 9.46. The number of anilines is 1. The minimum Gasteiger partial charge on any atom is -0.380 e. The first-order valence-corrected chi connectivity index (χ1v) is 5.25. The van der Waals surface area contributed by atoms with E-state index in [0.29, 0.717) is 6.04 Å². The second-order valence-electron chi connectivity index (χ2n) is 3.82. The number of hydrogen-bond acceptors (Lipinski definition) is 3. The summed E-state index contributed by atoms with van der Waals surface area (Å²) >= 11 is 0. The highest BCUT2D eigenvalue weighted by Crippen LogP contribution is 2.14. The normalized spacial score (nSPS) is 21.9. The van der Waals surface area contributed by atoms with E-state index in [0.717, 1.165) is 18.8 Å². The second-order valence-corrected chi connectivity index (χ2v) is 3.82. The third kappa shape index (κ3) is 2.23. The molecule has 3 nitrogen and oxygen atoms in total. The molecule has 1 aromatic rings. The number of pyridine rings is 1. The van der Waals surface area contributed by atoms with Crippen molar-refractivity contribution in [2.45, 2.75) is 25.8 Å². The zero-order valence-electron chi connectivity index (χ0n) is 8.59. The van der Waals surface area contributed by atoms with Gasteiger partial charge in [-0.15, -0.1) is 0 Å². The molecule has 1 aliphatic heterocycles. The molecule has 1 unspecified atom stereocenters. The van der Waals surface area contributed by atoms with Crippen molar-refractivity contribution >= 4 is 5.69 Å². The Morgan fingerprint density at radius 3 is 3.21 bits per heavy atom. The van der Waals surface area contributed by atoms with Gasteiger partial charge in [0.05, 0.1) is 11.4 Å². The summed E-state index contributed by atoms with van der Waals surface area (Å²) in [7, 11) is 0. The van der Waals surface area contributed by atoms with Crippen LogP contribution in [0.3, 0.4) is 0 Å². The maximum absolute atomic E-state index is 4.26. The van der Waals surface area contributed by atoms with E-state index in [1.165, 1.54) is 18.5 Å². The SMILES string of the molecule is Cc1ncccc1NC1CCCNC1. The average molecular weight is 191 g/mol. The number of piperidine rings is 1. The lowest BCUT2D eigenvalue weighted by Gasteiger charge is -2.25. The second kappa shape index (κ2) is 4.42. The van der Waals surface area contributed by atoms with Gasteiger partial charge in [-0.05, 0) is 38.4 Å². The summed E-state index contributed by atoms with van der Waals surface area (Å²) in [6.07, 6.45) is 4.35. The standard InChI is InChI=1S/C11H17N3/c1-9-11(5-3-7-13-9)14-10-4-2-6-12-8-10/h3,5,7,10,12,14H,2,4,6,8H2,1H3. The van der Waals surface area contributed by atoms with Gasteiger partial charge in [0.1, 0.15) is 0 Å². The van der Waals surface area contributed by atoms with E-state index in [4.69, 9.17) is 0 Å². The molecule has 76 valence electrons. The van der Waals surface area contributed by atoms with Crippen LogP contribution in [-0.2, 0) is 0 Å². The van der Waals surface area contributed by atoms with Gasteiger partial charge in [-0.3, -0.25) is 4.98 Å². The number of rotatable bonds is 2. The molecule has 3 heteroatoms. The Balaban J connectivity index is 1.99. The van der Waals surface area contributed by atoms with Gasteiger partial charge in [0, 0.05) is 18.8 Å². The van der Waals surface area contributed by atoms with Crippen molar-refractivity contribution < 1.29 is 0 Å². The van der Waals surface area contributed by atoms with Crippen molar-refractivity contribution in [2.75, 3.05) is 18.4 Å². The van der Waals surface area contributed by atoms with Crippen LogP contribution in [-0.4, -0.2) is 24.1 Å². The van der Waals surface area contributed by atoms with Gasteiger partial charge in [0.25, 0.3) is 0 Å². The van der Waals surface area contributed by atoms with Gasteiger partial charge in [0.2, 0.25) is 0 Å². The first-order valence-electron chi connectivity index (χ1n) is 5.25. The van der Waals surface area contributed by atoms with E-state index in [-0.39, 0.29) is 0 Å². The van der Waals surface area contributed by atoms with E-state index < -0.39 is 0 Å². The largest absolute Gasteiger partial charge is 0.380 e. The molecule has 1 aromatic heterocycles. The van der Waals surface area contributed by atoms with Crippen molar-refractivity contribution in [3.8, 4) is 0 Å². The molecular weight excluding hydrogens is 174 g/mol. The number of aryl methyl sites for hydroxylation is 1. The summed E-state index contributed by atoms with van der Waals surface area (Å²) in [6, 6.07) is 4.63. The molecule has 2 heterocycles. The molecule has 1 atom stereocenters. The Morgan fingerprint density at radius 1 is 1.57 bits per heavy atom. The molecule has 0 spiro atoms. The minimum absolute atomic E-state index is 0.562. The monoisotopic (exact) mass is 191 g/mol. The molecule has 0 aliphatic carbocycles. The van der Waals surface area contributed by atoms with Crippen LogP contribution in [0, 0.1) is 6.92 Å². The van der Waals surface area contributed by atoms with Crippen LogP contribution in [0.25, 0.3) is 0 Å². The lowest BCUT2D eigenvalue weighted by atomic mass is 10.1. The number of hydrogen-bond donors (Lipinski definition) is 2. The van der Waals surface area contributed by atoms with Crippen LogP contribution >= 0.6 is 0 Å². The molecule has 1 saturated heterocycles. The maximum atomic E-state index is 4.26. The Bertz CT molecular complexity index is 292. The van der Waals surface area contributed by atoms with Gasteiger partial charge in [-0.2, -0.15) is 0 Å². The molecular formula is C11H17N3. The predicted octanol–water partition coefficient (Wildman–Crippen LogP) is 1.55. The molecule has 0 aromatic carbocycles. The Hall–Kier alpha value is -1.09. The van der Waals surface area contributed by atoms with Gasteiger partial charge in [0.15, 0.2) is 0 Å². The highest BCUT2D eigenvalue weighted by molar-refractivity contribution is 5.47. The third-order valence-corrected chi connectivity index (χ3v) is 2.66. The summed E-state index contributed by atoms with van der Waals surface area (Å²) in [4.78, 5) is 4.26. The molecule has 1 aliphatic rings. The zero-order chi connectivity index (χ0) is 9.80. The molecule has 14 heavy (non-hydrogen) atoms. The average Bonchev–Trinajstić information content (AvgIpc) is 2.23. The van der Waals surface area contributed by atoms with E-state index in [1.807, 2.05) is 19.2 Å². The fraction of sp³-hybridized carbons (Fsp3) is 0.545. The Kier molecular flexibility index (Phi) is 2.99. The summed E-state index contributed by atoms with van der Waals surface area (Å²) in [5.41, 5.74) is 2.25. The van der Waals surface area contributed by atoms with Crippen molar-refractivity contribution in [1.29, 1.82) is 0 Å². The number of nitrogens with one attached hydrogen (secondary N) is 2. The first-order chi connectivity index (χ1) is 6.86. The van der Waals surface area contributed by atoms with Gasteiger partial charge in [-0.25, -0.2) is 0 Å². The highest BCUT2D eigenvalue weighted by Gasteiger charge is 2.12. The van der Waals surface area contributed by atoms with Crippen LogP contribution < -0.4 is 10.6 Å². The summed E-state index contributed by atoms with van der Waals surface area (Å²) < 4.78 is 0. The molecule has 0 bridgehead atoms. The van der Waals surface area contributed by atoms with E-state index in [9.17, 15) is 0 Å². The fourth-order valence-corrected chi connectivity index (χ4v) is 1.83. The lowest BCUT2D eigenvalue weighted by Crippen LogP contribution is -2.38. The molecule has 0 saturated carbocycles. The Morgan fingerprint density at radius 2 is 2.50 bits per heavy atom. The summed E-state index contributed by atoms with van der Waals surface area (Å²) in [5, 5.41) is 6.92. The summed E-state index contributed by atoms with van der Waals surface area (Å²) in [6.45, 7) is 4.26. The third-order valence-electron chi connectivity index (χ3n) is 2.66. The molecule has 0 radical (unpaired) electrons. The molecule has 0 amide bonds. The molecule has 1 fully saturated rings. The number of nitrogens with zero attached hydrogens (tertiary/aromatic N) is 1. The van der Waals surface area contributed by atoms with Crippen LogP contribution in [0.4, 0.5) is 5.69 Å². The lowest BCUT2D eigenvalue weighted by molar-refractivity contribution is 0.479. The van der Waals surface area contributed by atoms with Gasteiger partial charge >= 0.3 is 0 Å². The van der Waals surface area contributed by atoms with E-state index in [1.54, 1.807) is 0 Å².